The van der Waals surface area contributed by atoms with Gasteiger partial charge in [0.1, 0.15) is 11.6 Å². The Morgan fingerprint density at radius 2 is 1.95 bits per heavy atom. The molecular formula is C17H21N3O2. The van der Waals surface area contributed by atoms with E-state index in [2.05, 4.69) is 15.3 Å². The maximum absolute atomic E-state index is 12.0. The molecule has 0 atom stereocenters. The van der Waals surface area contributed by atoms with Gasteiger partial charge in [0.05, 0.1) is 12.7 Å². The van der Waals surface area contributed by atoms with Crippen LogP contribution in [-0.2, 0) is 12.8 Å². The van der Waals surface area contributed by atoms with Crippen LogP contribution in [0.1, 0.15) is 35.1 Å². The topological polar surface area (TPSA) is 64.1 Å². The third-order valence-corrected chi connectivity index (χ3v) is 3.38. The number of para-hydroxylation sites is 1. The Morgan fingerprint density at radius 3 is 2.64 bits per heavy atom. The number of hydrogen-bond acceptors (Lipinski definition) is 4. The van der Waals surface area contributed by atoms with Gasteiger partial charge in [-0.1, -0.05) is 25.1 Å². The number of carbonyl (C=O) groups excluding carboxylic acids is 1. The van der Waals surface area contributed by atoms with Gasteiger partial charge in [0, 0.05) is 25.4 Å². The number of aryl methyl sites for hydroxylation is 2. The van der Waals surface area contributed by atoms with Crippen molar-refractivity contribution in [1.82, 2.24) is 15.3 Å². The van der Waals surface area contributed by atoms with E-state index < -0.39 is 0 Å². The van der Waals surface area contributed by atoms with Gasteiger partial charge in [0.2, 0.25) is 0 Å². The average Bonchev–Trinajstić information content (AvgIpc) is 2.59. The summed E-state index contributed by atoms with van der Waals surface area (Å²) in [5, 5.41) is 2.88. The quantitative estimate of drug-likeness (QED) is 0.797. The van der Waals surface area contributed by atoms with E-state index >= 15 is 0 Å². The summed E-state index contributed by atoms with van der Waals surface area (Å²) in [6.07, 6.45) is 5.61. The highest BCUT2D eigenvalue weighted by Gasteiger charge is 2.07. The molecule has 0 aliphatic heterocycles. The normalized spacial score (nSPS) is 10.3. The third-order valence-electron chi connectivity index (χ3n) is 3.38. The minimum absolute atomic E-state index is 0.136. The molecule has 5 nitrogen and oxygen atoms in total. The maximum atomic E-state index is 12.0. The molecule has 0 spiro atoms. The van der Waals surface area contributed by atoms with E-state index in [9.17, 15) is 4.79 Å². The minimum Gasteiger partial charge on any atom is -0.496 e. The summed E-state index contributed by atoms with van der Waals surface area (Å²) in [6, 6.07) is 7.92. The first-order chi connectivity index (χ1) is 10.7. The van der Waals surface area contributed by atoms with Crippen LogP contribution in [0.15, 0.2) is 36.7 Å². The predicted molar refractivity (Wildman–Crippen MR) is 85.1 cm³/mol. The van der Waals surface area contributed by atoms with E-state index in [1.165, 1.54) is 0 Å². The molecular weight excluding hydrogens is 278 g/mol. The lowest BCUT2D eigenvalue weighted by molar-refractivity contribution is 0.0952. The lowest BCUT2D eigenvalue weighted by Crippen LogP contribution is -2.25. The molecule has 116 valence electrons. The number of aromatic nitrogens is 2. The average molecular weight is 299 g/mol. The molecule has 22 heavy (non-hydrogen) atoms. The first-order valence-electron chi connectivity index (χ1n) is 7.45. The van der Waals surface area contributed by atoms with Gasteiger partial charge in [-0.2, -0.15) is 0 Å². The van der Waals surface area contributed by atoms with Crippen LogP contribution < -0.4 is 10.1 Å². The van der Waals surface area contributed by atoms with Crippen LogP contribution >= 0.6 is 0 Å². The highest BCUT2D eigenvalue weighted by molar-refractivity contribution is 5.93. The largest absolute Gasteiger partial charge is 0.496 e. The van der Waals surface area contributed by atoms with Gasteiger partial charge < -0.3 is 10.1 Å². The fraction of sp³-hybridized carbons (Fsp3) is 0.353. The first-order valence-corrected chi connectivity index (χ1v) is 7.45. The van der Waals surface area contributed by atoms with Gasteiger partial charge in [-0.15, -0.1) is 0 Å². The van der Waals surface area contributed by atoms with Crippen LogP contribution in [-0.4, -0.2) is 29.5 Å². The smallest absolute Gasteiger partial charge is 0.254 e. The third kappa shape index (κ3) is 4.28. The Labute approximate surface area is 130 Å². The second kappa shape index (κ2) is 8.12. The van der Waals surface area contributed by atoms with Crippen molar-refractivity contribution < 1.29 is 9.53 Å². The SMILES string of the molecule is CCc1ncc(C(=O)NCCCc2ccccc2OC)cn1. The molecule has 0 bridgehead atoms. The van der Waals surface area contributed by atoms with Gasteiger partial charge in [0.15, 0.2) is 0 Å². The fourth-order valence-corrected chi connectivity index (χ4v) is 2.15. The monoisotopic (exact) mass is 299 g/mol. The molecule has 1 aromatic heterocycles. The van der Waals surface area contributed by atoms with Crippen molar-refractivity contribution in [3.63, 3.8) is 0 Å². The minimum atomic E-state index is -0.136. The molecule has 1 N–H and O–H groups in total. The number of carbonyl (C=O) groups is 1. The molecule has 2 rings (SSSR count). The number of rotatable bonds is 7. The fourth-order valence-electron chi connectivity index (χ4n) is 2.15. The summed E-state index contributed by atoms with van der Waals surface area (Å²) in [7, 11) is 1.67. The Kier molecular flexibility index (Phi) is 5.89. The van der Waals surface area contributed by atoms with E-state index in [4.69, 9.17) is 4.74 Å². The lowest BCUT2D eigenvalue weighted by atomic mass is 10.1. The molecule has 1 heterocycles. The van der Waals surface area contributed by atoms with Crippen molar-refractivity contribution in [2.45, 2.75) is 26.2 Å². The molecule has 0 saturated heterocycles. The highest BCUT2D eigenvalue weighted by Crippen LogP contribution is 2.18. The maximum Gasteiger partial charge on any atom is 0.254 e. The van der Waals surface area contributed by atoms with Gasteiger partial charge in [-0.25, -0.2) is 9.97 Å². The highest BCUT2D eigenvalue weighted by atomic mass is 16.5. The second-order valence-corrected chi connectivity index (χ2v) is 4.91. The van der Waals surface area contributed by atoms with Crippen LogP contribution in [0.3, 0.4) is 0 Å². The molecule has 5 heteroatoms. The number of amides is 1. The van der Waals surface area contributed by atoms with Crippen molar-refractivity contribution >= 4 is 5.91 Å². The van der Waals surface area contributed by atoms with Crippen molar-refractivity contribution in [2.24, 2.45) is 0 Å². The molecule has 0 fully saturated rings. The van der Waals surface area contributed by atoms with E-state index in [1.54, 1.807) is 19.5 Å². The van der Waals surface area contributed by atoms with Crippen molar-refractivity contribution in [2.75, 3.05) is 13.7 Å². The molecule has 1 aromatic carbocycles. The van der Waals surface area contributed by atoms with Gasteiger partial charge >= 0.3 is 0 Å². The van der Waals surface area contributed by atoms with E-state index in [-0.39, 0.29) is 5.91 Å². The Morgan fingerprint density at radius 1 is 1.23 bits per heavy atom. The van der Waals surface area contributed by atoms with Gasteiger partial charge in [0.25, 0.3) is 5.91 Å². The lowest BCUT2D eigenvalue weighted by Gasteiger charge is -2.08. The summed E-state index contributed by atoms with van der Waals surface area (Å²) in [4.78, 5) is 20.2. The van der Waals surface area contributed by atoms with E-state index in [1.807, 2.05) is 31.2 Å². The Bertz CT molecular complexity index is 612. The Balaban J connectivity index is 1.79. The van der Waals surface area contributed by atoms with Crippen molar-refractivity contribution in [1.29, 1.82) is 0 Å². The molecule has 0 saturated carbocycles. The van der Waals surface area contributed by atoms with Crippen LogP contribution in [0.2, 0.25) is 0 Å². The second-order valence-electron chi connectivity index (χ2n) is 4.91. The molecule has 0 aliphatic rings. The summed E-state index contributed by atoms with van der Waals surface area (Å²) < 4.78 is 5.31. The van der Waals surface area contributed by atoms with E-state index in [0.29, 0.717) is 12.1 Å². The number of hydrogen-bond donors (Lipinski definition) is 1. The molecule has 1 amide bonds. The number of ether oxygens (including phenoxy) is 1. The predicted octanol–water partition coefficient (Wildman–Crippen LogP) is 2.41. The van der Waals surface area contributed by atoms with Crippen LogP contribution in [0.25, 0.3) is 0 Å². The van der Waals surface area contributed by atoms with Crippen LogP contribution in [0, 0.1) is 0 Å². The Hall–Kier alpha value is -2.43. The number of benzene rings is 1. The molecule has 0 aliphatic carbocycles. The number of nitrogens with one attached hydrogen (secondary N) is 1. The summed E-state index contributed by atoms with van der Waals surface area (Å²) in [5.74, 6) is 1.49. The van der Waals surface area contributed by atoms with E-state index in [0.717, 1.165) is 36.4 Å². The summed E-state index contributed by atoms with van der Waals surface area (Å²) in [6.45, 7) is 2.58. The van der Waals surface area contributed by atoms with Crippen LogP contribution in [0.5, 0.6) is 5.75 Å². The van der Waals surface area contributed by atoms with Gasteiger partial charge in [-0.05, 0) is 24.5 Å². The number of nitrogens with zero attached hydrogens (tertiary/aromatic N) is 2. The zero-order valence-electron chi connectivity index (χ0n) is 13.0. The zero-order chi connectivity index (χ0) is 15.8. The summed E-state index contributed by atoms with van der Waals surface area (Å²) in [5.41, 5.74) is 1.64. The van der Waals surface area contributed by atoms with Crippen molar-refractivity contribution in [3.05, 3.63) is 53.6 Å². The summed E-state index contributed by atoms with van der Waals surface area (Å²) >= 11 is 0. The molecule has 0 radical (unpaired) electrons. The number of methoxy groups -OCH3 is 1. The van der Waals surface area contributed by atoms with Crippen LogP contribution in [0.4, 0.5) is 0 Å². The van der Waals surface area contributed by atoms with Gasteiger partial charge in [-0.3, -0.25) is 4.79 Å². The zero-order valence-corrected chi connectivity index (χ0v) is 13.0. The standard InChI is InChI=1S/C17H21N3O2/c1-3-16-19-11-14(12-20-16)17(21)18-10-6-8-13-7-4-5-9-15(13)22-2/h4-5,7,9,11-12H,3,6,8,10H2,1-2H3,(H,18,21). The van der Waals surface area contributed by atoms with Crippen molar-refractivity contribution in [3.8, 4) is 5.75 Å². The first kappa shape index (κ1) is 15.9. The molecule has 0 unspecified atom stereocenters. The molecule has 2 aromatic rings.